The van der Waals surface area contributed by atoms with E-state index >= 15 is 0 Å². The molecule has 2 atom stereocenters. The van der Waals surface area contributed by atoms with Gasteiger partial charge in [0.1, 0.15) is 6.10 Å². The molecule has 4 rings (SSSR count). The molecule has 31 heavy (non-hydrogen) atoms. The largest absolute Gasteiger partial charge is 0.368 e. The minimum Gasteiger partial charge on any atom is -0.368 e. The molecule has 5 nitrogen and oxygen atoms in total. The Hall–Kier alpha value is -2.66. The fourth-order valence-corrected chi connectivity index (χ4v) is 4.90. The maximum absolute atomic E-state index is 13.3. The Labute approximate surface area is 185 Å². The van der Waals surface area contributed by atoms with E-state index < -0.39 is 5.41 Å². The number of benzene rings is 2. The van der Waals surface area contributed by atoms with Gasteiger partial charge in [-0.1, -0.05) is 54.1 Å². The number of aryl methyl sites for hydroxylation is 1. The number of hydrogen-bond acceptors (Lipinski definition) is 3. The van der Waals surface area contributed by atoms with Crippen LogP contribution in [0.4, 0.5) is 0 Å². The molecule has 0 N–H and O–H groups in total. The number of rotatable bonds is 5. The number of likely N-dealkylation sites (tertiary alicyclic amines) is 1. The molecule has 0 unspecified atom stereocenters. The van der Waals surface area contributed by atoms with Crippen molar-refractivity contribution in [1.29, 1.82) is 0 Å². The van der Waals surface area contributed by atoms with Crippen molar-refractivity contribution in [1.82, 2.24) is 9.80 Å². The molecule has 0 aromatic heterocycles. The first-order valence-electron chi connectivity index (χ1n) is 11.2. The molecule has 2 fully saturated rings. The summed E-state index contributed by atoms with van der Waals surface area (Å²) in [5.74, 6) is 0.134. The Kier molecular flexibility index (Phi) is 6.15. The molecule has 2 saturated heterocycles. The molecular weight excluding hydrogens is 388 g/mol. The molecule has 2 amide bonds. The minimum absolute atomic E-state index is 0.0411. The quantitative estimate of drug-likeness (QED) is 0.741. The number of amides is 2. The van der Waals surface area contributed by atoms with Crippen molar-refractivity contribution < 1.29 is 14.3 Å². The first-order valence-corrected chi connectivity index (χ1v) is 11.2. The van der Waals surface area contributed by atoms with E-state index in [4.69, 9.17) is 4.74 Å². The zero-order chi connectivity index (χ0) is 22.0. The topological polar surface area (TPSA) is 49.9 Å². The van der Waals surface area contributed by atoms with Crippen molar-refractivity contribution in [3.05, 3.63) is 59.7 Å². The number of nitrogens with zero attached hydrogens (tertiary/aromatic N) is 2. The second-order valence-electron chi connectivity index (χ2n) is 9.23. The minimum atomic E-state index is -0.594. The Morgan fingerprint density at radius 2 is 1.90 bits per heavy atom. The van der Waals surface area contributed by atoms with Gasteiger partial charge in [-0.15, -0.1) is 0 Å². The zero-order valence-electron chi connectivity index (χ0n) is 18.8. The SMILES string of the molecule is Cc1ccc(-c2cccc(C[C@@]3(C(=O)N(C)C)CCN(C(=O)[C@@H]4CCCO4)C3)c2)cc1. The molecule has 2 aliphatic heterocycles. The summed E-state index contributed by atoms with van der Waals surface area (Å²) in [4.78, 5) is 29.8. The molecule has 2 aliphatic rings. The molecule has 0 saturated carbocycles. The molecule has 2 heterocycles. The van der Waals surface area contributed by atoms with Crippen LogP contribution >= 0.6 is 0 Å². The van der Waals surface area contributed by atoms with Crippen LogP contribution < -0.4 is 0 Å². The molecule has 0 aliphatic carbocycles. The second kappa shape index (κ2) is 8.83. The maximum atomic E-state index is 13.3. The van der Waals surface area contributed by atoms with Crippen LogP contribution in [0.25, 0.3) is 11.1 Å². The highest BCUT2D eigenvalue weighted by molar-refractivity contribution is 5.87. The van der Waals surface area contributed by atoms with E-state index in [1.54, 1.807) is 19.0 Å². The smallest absolute Gasteiger partial charge is 0.251 e. The van der Waals surface area contributed by atoms with Gasteiger partial charge in [0.2, 0.25) is 5.91 Å². The third kappa shape index (κ3) is 4.52. The third-order valence-electron chi connectivity index (χ3n) is 6.58. The lowest BCUT2D eigenvalue weighted by molar-refractivity contribution is -0.142. The number of ether oxygens (including phenoxy) is 1. The van der Waals surface area contributed by atoms with Crippen LogP contribution in [-0.2, 0) is 20.7 Å². The maximum Gasteiger partial charge on any atom is 0.251 e. The van der Waals surface area contributed by atoms with Crippen LogP contribution in [0.15, 0.2) is 48.5 Å². The van der Waals surface area contributed by atoms with Crippen molar-refractivity contribution in [3.8, 4) is 11.1 Å². The summed E-state index contributed by atoms with van der Waals surface area (Å²) in [5, 5.41) is 0. The summed E-state index contributed by atoms with van der Waals surface area (Å²) in [7, 11) is 3.61. The third-order valence-corrected chi connectivity index (χ3v) is 6.58. The van der Waals surface area contributed by atoms with E-state index in [2.05, 4.69) is 55.5 Å². The molecule has 0 radical (unpaired) electrons. The molecule has 5 heteroatoms. The first kappa shape index (κ1) is 21.6. The summed E-state index contributed by atoms with van der Waals surface area (Å²) in [5.41, 5.74) is 4.08. The molecule has 2 aromatic rings. The van der Waals surface area contributed by atoms with Crippen LogP contribution in [0.3, 0.4) is 0 Å². The average Bonchev–Trinajstić information content (AvgIpc) is 3.44. The fourth-order valence-electron chi connectivity index (χ4n) is 4.90. The predicted octanol–water partition coefficient (Wildman–Crippen LogP) is 3.69. The van der Waals surface area contributed by atoms with Crippen molar-refractivity contribution >= 4 is 11.8 Å². The van der Waals surface area contributed by atoms with Crippen LogP contribution in [0.2, 0.25) is 0 Å². The summed E-state index contributed by atoms with van der Waals surface area (Å²) in [6, 6.07) is 16.9. The predicted molar refractivity (Wildman–Crippen MR) is 122 cm³/mol. The van der Waals surface area contributed by atoms with Gasteiger partial charge in [-0.3, -0.25) is 9.59 Å². The Morgan fingerprint density at radius 1 is 1.13 bits per heavy atom. The fraction of sp³-hybridized carbons (Fsp3) is 0.462. The van der Waals surface area contributed by atoms with E-state index in [-0.39, 0.29) is 17.9 Å². The summed E-state index contributed by atoms with van der Waals surface area (Å²) in [6.07, 6.45) is 2.67. The van der Waals surface area contributed by atoms with Crippen LogP contribution in [0, 0.1) is 12.3 Å². The van der Waals surface area contributed by atoms with Gasteiger partial charge in [0.05, 0.1) is 5.41 Å². The van der Waals surface area contributed by atoms with Gasteiger partial charge in [0.25, 0.3) is 5.91 Å². The Bertz CT molecular complexity index is 947. The molecule has 0 bridgehead atoms. The Balaban J connectivity index is 1.58. The van der Waals surface area contributed by atoms with Crippen molar-refractivity contribution in [2.45, 2.75) is 38.7 Å². The van der Waals surface area contributed by atoms with Crippen LogP contribution in [-0.4, -0.2) is 61.5 Å². The van der Waals surface area contributed by atoms with Gasteiger partial charge in [0.15, 0.2) is 0 Å². The van der Waals surface area contributed by atoms with Gasteiger partial charge in [-0.25, -0.2) is 0 Å². The Morgan fingerprint density at radius 3 is 2.58 bits per heavy atom. The summed E-state index contributed by atoms with van der Waals surface area (Å²) >= 11 is 0. The highest BCUT2D eigenvalue weighted by Gasteiger charge is 2.47. The highest BCUT2D eigenvalue weighted by atomic mass is 16.5. The van der Waals surface area contributed by atoms with Gasteiger partial charge in [-0.2, -0.15) is 0 Å². The van der Waals surface area contributed by atoms with E-state index in [1.807, 2.05) is 4.90 Å². The number of carbonyl (C=O) groups excluding carboxylic acids is 2. The molecule has 2 aromatic carbocycles. The second-order valence-corrected chi connectivity index (χ2v) is 9.23. The van der Waals surface area contributed by atoms with Gasteiger partial charge < -0.3 is 14.5 Å². The average molecular weight is 421 g/mol. The van der Waals surface area contributed by atoms with Crippen molar-refractivity contribution in [3.63, 3.8) is 0 Å². The standard InChI is InChI=1S/C26H32N2O3/c1-19-9-11-21(12-10-19)22-7-4-6-20(16-22)17-26(25(30)27(2)3)13-14-28(18-26)24(29)23-8-5-15-31-23/h4,6-7,9-12,16,23H,5,8,13-15,17-18H2,1-3H3/t23-,26-/m0/s1. The lowest BCUT2D eigenvalue weighted by Crippen LogP contribution is -2.46. The van der Waals surface area contributed by atoms with E-state index in [0.717, 1.165) is 24.0 Å². The monoisotopic (exact) mass is 420 g/mol. The molecule has 164 valence electrons. The van der Waals surface area contributed by atoms with Gasteiger partial charge in [0, 0.05) is 33.8 Å². The van der Waals surface area contributed by atoms with Crippen LogP contribution in [0.1, 0.15) is 30.4 Å². The van der Waals surface area contributed by atoms with Gasteiger partial charge in [-0.05, 0) is 49.3 Å². The zero-order valence-corrected chi connectivity index (χ0v) is 18.8. The summed E-state index contributed by atoms with van der Waals surface area (Å²) in [6.45, 7) is 3.80. The van der Waals surface area contributed by atoms with E-state index in [9.17, 15) is 9.59 Å². The number of hydrogen-bond donors (Lipinski definition) is 0. The summed E-state index contributed by atoms with van der Waals surface area (Å²) < 4.78 is 5.61. The van der Waals surface area contributed by atoms with Gasteiger partial charge >= 0.3 is 0 Å². The molecule has 0 spiro atoms. The molecular formula is C26H32N2O3. The lowest BCUT2D eigenvalue weighted by atomic mass is 9.79. The van der Waals surface area contributed by atoms with Crippen molar-refractivity contribution in [2.24, 2.45) is 5.41 Å². The van der Waals surface area contributed by atoms with Crippen molar-refractivity contribution in [2.75, 3.05) is 33.8 Å². The van der Waals surface area contributed by atoms with Crippen LogP contribution in [0.5, 0.6) is 0 Å². The van der Waals surface area contributed by atoms with E-state index in [0.29, 0.717) is 32.5 Å². The number of carbonyl (C=O) groups is 2. The normalized spacial score (nSPS) is 23.2. The first-order chi connectivity index (χ1) is 14.9. The van der Waals surface area contributed by atoms with E-state index in [1.165, 1.54) is 11.1 Å². The highest BCUT2D eigenvalue weighted by Crippen LogP contribution is 2.37. The lowest BCUT2D eigenvalue weighted by Gasteiger charge is -2.31.